The van der Waals surface area contributed by atoms with Crippen molar-refractivity contribution in [1.82, 2.24) is 9.88 Å². The molecule has 1 amide bonds. The summed E-state index contributed by atoms with van der Waals surface area (Å²) in [6, 6.07) is 9.46. The van der Waals surface area contributed by atoms with Crippen LogP contribution in [0.25, 0.3) is 10.9 Å². The minimum Gasteiger partial charge on any atom is -0.459 e. The van der Waals surface area contributed by atoms with E-state index < -0.39 is 0 Å². The van der Waals surface area contributed by atoms with Crippen molar-refractivity contribution in [3.8, 4) is 0 Å². The molecule has 0 aliphatic carbocycles. The summed E-state index contributed by atoms with van der Waals surface area (Å²) >= 11 is 0. The summed E-state index contributed by atoms with van der Waals surface area (Å²) < 4.78 is 5.18. The summed E-state index contributed by atoms with van der Waals surface area (Å²) in [5, 5.41) is 0.927. The quantitative estimate of drug-likeness (QED) is 0.752. The first-order valence-corrected chi connectivity index (χ1v) is 7.90. The van der Waals surface area contributed by atoms with E-state index in [0.717, 1.165) is 36.0 Å². The highest BCUT2D eigenvalue weighted by Gasteiger charge is 2.24. The molecule has 122 valence electrons. The Hall–Kier alpha value is -3.02. The van der Waals surface area contributed by atoms with Gasteiger partial charge in [-0.1, -0.05) is 0 Å². The van der Waals surface area contributed by atoms with Crippen LogP contribution in [0, 0.1) is 0 Å². The van der Waals surface area contributed by atoms with E-state index in [1.165, 1.54) is 6.26 Å². The third kappa shape index (κ3) is 2.46. The number of anilines is 1. The smallest absolute Gasteiger partial charge is 0.289 e. The van der Waals surface area contributed by atoms with Gasteiger partial charge in [-0.05, 0) is 30.3 Å². The van der Waals surface area contributed by atoms with Crippen molar-refractivity contribution < 1.29 is 14.0 Å². The van der Waals surface area contributed by atoms with Crippen molar-refractivity contribution in [2.75, 3.05) is 31.1 Å². The number of aromatic nitrogens is 1. The molecule has 1 saturated heterocycles. The number of carbonyl (C=O) groups is 2. The van der Waals surface area contributed by atoms with E-state index in [1.54, 1.807) is 23.2 Å². The zero-order chi connectivity index (χ0) is 16.5. The summed E-state index contributed by atoms with van der Waals surface area (Å²) in [6.45, 7) is 2.79. The van der Waals surface area contributed by atoms with Crippen LogP contribution in [0.1, 0.15) is 20.9 Å². The van der Waals surface area contributed by atoms with Gasteiger partial charge in [0.25, 0.3) is 5.91 Å². The molecule has 3 heterocycles. The first-order chi connectivity index (χ1) is 11.8. The van der Waals surface area contributed by atoms with Crippen molar-refractivity contribution in [3.05, 3.63) is 54.1 Å². The molecule has 1 N–H and O–H groups in total. The van der Waals surface area contributed by atoms with Crippen LogP contribution in [0.15, 0.2) is 47.2 Å². The molecule has 3 aromatic rings. The van der Waals surface area contributed by atoms with Crippen LogP contribution in [0.4, 0.5) is 5.69 Å². The number of nitrogens with one attached hydrogen (secondary N) is 1. The van der Waals surface area contributed by atoms with Gasteiger partial charge in [-0.25, -0.2) is 0 Å². The number of amides is 1. The van der Waals surface area contributed by atoms with Gasteiger partial charge >= 0.3 is 0 Å². The van der Waals surface area contributed by atoms with Crippen LogP contribution in [-0.2, 0) is 0 Å². The monoisotopic (exact) mass is 323 g/mol. The number of rotatable bonds is 3. The van der Waals surface area contributed by atoms with Crippen LogP contribution in [-0.4, -0.2) is 48.3 Å². The average molecular weight is 323 g/mol. The molecular formula is C18H17N3O3. The fourth-order valence-corrected chi connectivity index (χ4v) is 3.15. The van der Waals surface area contributed by atoms with E-state index in [2.05, 4.69) is 9.88 Å². The Morgan fingerprint density at radius 1 is 1.17 bits per heavy atom. The van der Waals surface area contributed by atoms with Gasteiger partial charge in [0.1, 0.15) is 0 Å². The first-order valence-electron chi connectivity index (χ1n) is 7.90. The Labute approximate surface area is 138 Å². The fraction of sp³-hybridized carbons (Fsp3) is 0.222. The third-order valence-electron chi connectivity index (χ3n) is 4.49. The highest BCUT2D eigenvalue weighted by atomic mass is 16.3. The molecule has 0 saturated carbocycles. The second-order valence-corrected chi connectivity index (χ2v) is 5.85. The number of fused-ring (bicyclic) bond motifs is 1. The minimum atomic E-state index is -0.0658. The van der Waals surface area contributed by atoms with Crippen molar-refractivity contribution in [3.63, 3.8) is 0 Å². The fourth-order valence-electron chi connectivity index (χ4n) is 3.15. The van der Waals surface area contributed by atoms with Gasteiger partial charge in [0.2, 0.25) is 0 Å². The number of furan rings is 1. The number of carbonyl (C=O) groups excluding carboxylic acids is 2. The molecule has 6 heteroatoms. The van der Waals surface area contributed by atoms with Gasteiger partial charge < -0.3 is 19.2 Å². The Balaban J connectivity index is 1.49. The Bertz CT molecular complexity index is 874. The van der Waals surface area contributed by atoms with Gasteiger partial charge in [0.05, 0.1) is 6.26 Å². The summed E-state index contributed by atoms with van der Waals surface area (Å²) in [4.78, 5) is 30.5. The zero-order valence-electron chi connectivity index (χ0n) is 13.1. The predicted molar refractivity (Wildman–Crippen MR) is 90.5 cm³/mol. The Kier molecular flexibility index (Phi) is 3.57. The summed E-state index contributed by atoms with van der Waals surface area (Å²) in [6.07, 6.45) is 4.10. The minimum absolute atomic E-state index is 0.0658. The normalized spacial score (nSPS) is 15.0. The lowest BCUT2D eigenvalue weighted by atomic mass is 10.1. The van der Waals surface area contributed by atoms with Crippen LogP contribution < -0.4 is 4.90 Å². The summed E-state index contributed by atoms with van der Waals surface area (Å²) in [5.74, 6) is 0.316. The average Bonchev–Trinajstić information content (AvgIpc) is 3.30. The zero-order valence-corrected chi connectivity index (χ0v) is 13.1. The maximum atomic E-state index is 12.3. The molecule has 0 bridgehead atoms. The molecule has 24 heavy (non-hydrogen) atoms. The molecule has 1 fully saturated rings. The van der Waals surface area contributed by atoms with E-state index in [4.69, 9.17) is 4.42 Å². The standard InChI is InChI=1S/C18H17N3O3/c22-12-13-11-19-16-4-3-14(10-15(13)16)20-5-7-21(8-6-20)18(23)17-2-1-9-24-17/h1-4,9-12,19H,5-8H2. The molecule has 2 aromatic heterocycles. The number of piperazine rings is 1. The lowest BCUT2D eigenvalue weighted by Crippen LogP contribution is -2.48. The molecular weight excluding hydrogens is 306 g/mol. The second kappa shape index (κ2) is 5.88. The molecule has 0 atom stereocenters. The van der Waals surface area contributed by atoms with Crippen molar-refractivity contribution in [2.45, 2.75) is 0 Å². The largest absolute Gasteiger partial charge is 0.459 e. The maximum Gasteiger partial charge on any atom is 0.289 e. The van der Waals surface area contributed by atoms with E-state index in [-0.39, 0.29) is 5.91 Å². The van der Waals surface area contributed by atoms with Gasteiger partial charge in [0.15, 0.2) is 12.0 Å². The summed E-state index contributed by atoms with van der Waals surface area (Å²) in [7, 11) is 0. The number of hydrogen-bond donors (Lipinski definition) is 1. The summed E-state index contributed by atoms with van der Waals surface area (Å²) in [5.41, 5.74) is 2.68. The van der Waals surface area contributed by atoms with Crippen molar-refractivity contribution in [1.29, 1.82) is 0 Å². The van der Waals surface area contributed by atoms with Gasteiger partial charge in [-0.3, -0.25) is 9.59 Å². The Morgan fingerprint density at radius 2 is 2.00 bits per heavy atom. The molecule has 0 radical (unpaired) electrons. The van der Waals surface area contributed by atoms with Crippen LogP contribution >= 0.6 is 0 Å². The van der Waals surface area contributed by atoms with E-state index in [9.17, 15) is 9.59 Å². The Morgan fingerprint density at radius 3 is 2.71 bits per heavy atom. The van der Waals surface area contributed by atoms with Crippen LogP contribution in [0.5, 0.6) is 0 Å². The third-order valence-corrected chi connectivity index (χ3v) is 4.49. The number of aromatic amines is 1. The lowest BCUT2D eigenvalue weighted by molar-refractivity contribution is 0.0714. The maximum absolute atomic E-state index is 12.3. The number of H-pyrrole nitrogens is 1. The second-order valence-electron chi connectivity index (χ2n) is 5.85. The predicted octanol–water partition coefficient (Wildman–Crippen LogP) is 2.54. The first kappa shape index (κ1) is 14.6. The van der Waals surface area contributed by atoms with E-state index in [0.29, 0.717) is 24.4 Å². The van der Waals surface area contributed by atoms with E-state index in [1.807, 2.05) is 18.2 Å². The molecule has 0 spiro atoms. The van der Waals surface area contributed by atoms with Gasteiger partial charge in [-0.15, -0.1) is 0 Å². The highest BCUT2D eigenvalue weighted by molar-refractivity contribution is 5.98. The van der Waals surface area contributed by atoms with Crippen molar-refractivity contribution in [2.24, 2.45) is 0 Å². The van der Waals surface area contributed by atoms with Crippen LogP contribution in [0.2, 0.25) is 0 Å². The number of hydrogen-bond acceptors (Lipinski definition) is 4. The van der Waals surface area contributed by atoms with Gasteiger partial charge in [-0.2, -0.15) is 0 Å². The topological polar surface area (TPSA) is 69.6 Å². The highest BCUT2D eigenvalue weighted by Crippen LogP contribution is 2.25. The SMILES string of the molecule is O=Cc1c[nH]c2ccc(N3CCN(C(=O)c4ccco4)CC3)cc12. The molecule has 4 rings (SSSR count). The van der Waals surface area contributed by atoms with Crippen LogP contribution in [0.3, 0.4) is 0 Å². The van der Waals surface area contributed by atoms with E-state index >= 15 is 0 Å². The van der Waals surface area contributed by atoms with Gasteiger partial charge in [0, 0.05) is 54.5 Å². The number of nitrogens with zero attached hydrogens (tertiary/aromatic N) is 2. The number of aldehydes is 1. The molecule has 1 aliphatic rings. The van der Waals surface area contributed by atoms with Crippen molar-refractivity contribution >= 4 is 28.8 Å². The molecule has 0 unspecified atom stereocenters. The lowest BCUT2D eigenvalue weighted by Gasteiger charge is -2.35. The molecule has 1 aliphatic heterocycles. The number of benzene rings is 1. The molecule has 1 aromatic carbocycles. The molecule has 6 nitrogen and oxygen atoms in total.